The van der Waals surface area contributed by atoms with E-state index in [4.69, 9.17) is 9.47 Å². The molecule has 0 aliphatic carbocycles. The van der Waals surface area contributed by atoms with Gasteiger partial charge in [-0.05, 0) is 42.8 Å². The van der Waals surface area contributed by atoms with Crippen molar-refractivity contribution >= 4 is 17.0 Å². The molecule has 0 amide bonds. The Hall–Kier alpha value is -3.68. The normalized spacial score (nSPS) is 11.1. The fourth-order valence-electron chi connectivity index (χ4n) is 3.49. The Morgan fingerprint density at radius 2 is 2.00 bits per heavy atom. The molecule has 0 saturated carbocycles. The Kier molecular flexibility index (Phi) is 5.70. The van der Waals surface area contributed by atoms with E-state index in [1.54, 1.807) is 30.2 Å². The van der Waals surface area contributed by atoms with Gasteiger partial charge in [-0.15, -0.1) is 0 Å². The summed E-state index contributed by atoms with van der Waals surface area (Å²) in [5.74, 6) is -0.368. The maximum absolute atomic E-state index is 13.5. The van der Waals surface area contributed by atoms with Crippen LogP contribution < -0.4 is 4.74 Å². The van der Waals surface area contributed by atoms with Crippen molar-refractivity contribution in [1.82, 2.24) is 19.3 Å². The number of hydrogen-bond donors (Lipinski definition) is 0. The number of fused-ring (bicyclic) bond motifs is 1. The number of imidazole rings is 1. The lowest BCUT2D eigenvalue weighted by Crippen LogP contribution is -2.11. The van der Waals surface area contributed by atoms with Crippen LogP contribution in [0.5, 0.6) is 5.75 Å². The maximum atomic E-state index is 13.5. The number of ether oxygens (including phenoxy) is 2. The molecule has 7 nitrogen and oxygen atoms in total. The van der Waals surface area contributed by atoms with Crippen molar-refractivity contribution in [2.45, 2.75) is 26.5 Å². The molecule has 8 heteroatoms. The first-order valence-electron chi connectivity index (χ1n) is 9.94. The van der Waals surface area contributed by atoms with E-state index in [0.29, 0.717) is 22.7 Å². The van der Waals surface area contributed by atoms with Gasteiger partial charge in [-0.3, -0.25) is 9.48 Å². The van der Waals surface area contributed by atoms with Crippen LogP contribution in [0.3, 0.4) is 0 Å². The largest absolute Gasteiger partial charge is 0.496 e. The molecule has 2 aromatic carbocycles. The number of methoxy groups -OCH3 is 1. The molecule has 4 rings (SSSR count). The molecule has 2 aromatic heterocycles. The van der Waals surface area contributed by atoms with Crippen LogP contribution >= 0.6 is 0 Å². The zero-order valence-corrected chi connectivity index (χ0v) is 17.6. The van der Waals surface area contributed by atoms with Crippen LogP contribution in [0.1, 0.15) is 18.2 Å². The lowest BCUT2D eigenvalue weighted by molar-refractivity contribution is -0.144. The molecular formula is C23H23FN4O3. The first kappa shape index (κ1) is 20.6. The van der Waals surface area contributed by atoms with Crippen molar-refractivity contribution in [3.05, 3.63) is 65.9 Å². The van der Waals surface area contributed by atoms with E-state index in [-0.39, 0.29) is 24.8 Å². The van der Waals surface area contributed by atoms with Gasteiger partial charge in [-0.1, -0.05) is 6.07 Å². The SMILES string of the molecule is CCn1cnc2cc(COC(=O)Cc3cc(-c4ccc(F)cc4OC)nn3C)ccc21. The topological polar surface area (TPSA) is 71.2 Å². The summed E-state index contributed by atoms with van der Waals surface area (Å²) in [5.41, 5.74) is 4.74. The number of benzene rings is 2. The second-order valence-corrected chi connectivity index (χ2v) is 7.18. The van der Waals surface area contributed by atoms with Crippen molar-refractivity contribution in [3.63, 3.8) is 0 Å². The average molecular weight is 422 g/mol. The van der Waals surface area contributed by atoms with Gasteiger partial charge in [0.05, 0.1) is 36.6 Å². The van der Waals surface area contributed by atoms with E-state index in [2.05, 4.69) is 21.6 Å². The second kappa shape index (κ2) is 8.59. The zero-order valence-electron chi connectivity index (χ0n) is 17.6. The van der Waals surface area contributed by atoms with Crippen LogP contribution in [0, 0.1) is 5.82 Å². The Morgan fingerprint density at radius 3 is 2.77 bits per heavy atom. The fourth-order valence-corrected chi connectivity index (χ4v) is 3.49. The molecule has 2 heterocycles. The number of carbonyl (C=O) groups excluding carboxylic acids is 1. The summed E-state index contributed by atoms with van der Waals surface area (Å²) in [6.45, 7) is 3.08. The van der Waals surface area contributed by atoms with Gasteiger partial charge in [0.2, 0.25) is 0 Å². The molecule has 0 saturated heterocycles. The predicted molar refractivity (Wildman–Crippen MR) is 114 cm³/mol. The van der Waals surface area contributed by atoms with Gasteiger partial charge in [0.25, 0.3) is 0 Å². The molecule has 0 spiro atoms. The van der Waals surface area contributed by atoms with Gasteiger partial charge in [-0.25, -0.2) is 9.37 Å². The number of aromatic nitrogens is 4. The highest BCUT2D eigenvalue weighted by Crippen LogP contribution is 2.30. The molecule has 4 aromatic rings. The summed E-state index contributed by atoms with van der Waals surface area (Å²) in [6, 6.07) is 11.9. The highest BCUT2D eigenvalue weighted by atomic mass is 19.1. The Labute approximate surface area is 179 Å². The smallest absolute Gasteiger partial charge is 0.312 e. The van der Waals surface area contributed by atoms with Crippen molar-refractivity contribution in [1.29, 1.82) is 0 Å². The van der Waals surface area contributed by atoms with Crippen LogP contribution in [0.4, 0.5) is 4.39 Å². The van der Waals surface area contributed by atoms with E-state index < -0.39 is 0 Å². The third kappa shape index (κ3) is 4.28. The average Bonchev–Trinajstić information content (AvgIpc) is 3.34. The van der Waals surface area contributed by atoms with Gasteiger partial charge < -0.3 is 14.0 Å². The number of carbonyl (C=O) groups is 1. The molecule has 0 atom stereocenters. The van der Waals surface area contributed by atoms with Crippen molar-refractivity contribution < 1.29 is 18.7 Å². The predicted octanol–water partition coefficient (Wildman–Crippen LogP) is 3.89. The van der Waals surface area contributed by atoms with Crippen LogP contribution in [-0.2, 0) is 36.2 Å². The summed E-state index contributed by atoms with van der Waals surface area (Å²) in [4.78, 5) is 16.8. The Balaban J connectivity index is 1.43. The molecule has 0 fully saturated rings. The maximum Gasteiger partial charge on any atom is 0.312 e. The van der Waals surface area contributed by atoms with Crippen LogP contribution in [0.25, 0.3) is 22.3 Å². The van der Waals surface area contributed by atoms with E-state index in [1.807, 2.05) is 18.2 Å². The number of esters is 1. The molecule has 0 unspecified atom stereocenters. The minimum absolute atomic E-state index is 0.0692. The summed E-state index contributed by atoms with van der Waals surface area (Å²) in [6.07, 6.45) is 1.87. The monoisotopic (exact) mass is 422 g/mol. The lowest BCUT2D eigenvalue weighted by atomic mass is 10.1. The summed E-state index contributed by atoms with van der Waals surface area (Å²) in [7, 11) is 3.23. The van der Waals surface area contributed by atoms with Crippen molar-refractivity contribution in [3.8, 4) is 17.0 Å². The van der Waals surface area contributed by atoms with Gasteiger partial charge in [0.15, 0.2) is 0 Å². The number of hydrogen-bond acceptors (Lipinski definition) is 5. The standard InChI is InChI=1S/C23H23FN4O3/c1-4-28-14-25-20-9-15(5-8-21(20)28)13-31-23(29)12-17-11-19(26-27(17)2)18-7-6-16(24)10-22(18)30-3/h5-11,14H,4,12-13H2,1-3H3. The first-order chi connectivity index (χ1) is 15.0. The van der Waals surface area contributed by atoms with Crippen LogP contribution in [0.2, 0.25) is 0 Å². The Bertz CT molecular complexity index is 1250. The quantitative estimate of drug-likeness (QED) is 0.423. The first-order valence-corrected chi connectivity index (χ1v) is 9.94. The highest BCUT2D eigenvalue weighted by Gasteiger charge is 2.15. The van der Waals surface area contributed by atoms with Crippen molar-refractivity contribution in [2.75, 3.05) is 7.11 Å². The van der Waals surface area contributed by atoms with Gasteiger partial charge in [0.1, 0.15) is 18.2 Å². The van der Waals surface area contributed by atoms with Gasteiger partial charge in [-0.2, -0.15) is 5.10 Å². The van der Waals surface area contributed by atoms with Crippen LogP contribution in [-0.4, -0.2) is 32.4 Å². The lowest BCUT2D eigenvalue weighted by Gasteiger charge is -2.06. The molecule has 31 heavy (non-hydrogen) atoms. The molecular weight excluding hydrogens is 399 g/mol. The van der Waals surface area contributed by atoms with E-state index in [0.717, 1.165) is 23.1 Å². The molecule has 0 aliphatic rings. The van der Waals surface area contributed by atoms with Gasteiger partial charge in [0, 0.05) is 30.9 Å². The number of rotatable bonds is 7. The van der Waals surface area contributed by atoms with E-state index in [1.165, 1.54) is 19.2 Å². The summed E-state index contributed by atoms with van der Waals surface area (Å²) in [5, 5.41) is 4.43. The Morgan fingerprint density at radius 1 is 1.16 bits per heavy atom. The third-order valence-electron chi connectivity index (χ3n) is 5.17. The van der Waals surface area contributed by atoms with E-state index >= 15 is 0 Å². The van der Waals surface area contributed by atoms with Crippen molar-refractivity contribution in [2.24, 2.45) is 7.05 Å². The summed E-state index contributed by atoms with van der Waals surface area (Å²) >= 11 is 0. The molecule has 0 N–H and O–H groups in total. The fraction of sp³-hybridized carbons (Fsp3) is 0.261. The van der Waals surface area contributed by atoms with Gasteiger partial charge >= 0.3 is 5.97 Å². The molecule has 160 valence electrons. The third-order valence-corrected chi connectivity index (χ3v) is 5.17. The highest BCUT2D eigenvalue weighted by molar-refractivity contribution is 5.76. The number of nitrogens with zero attached hydrogens (tertiary/aromatic N) is 4. The molecule has 0 bridgehead atoms. The second-order valence-electron chi connectivity index (χ2n) is 7.18. The molecule has 0 aliphatic heterocycles. The van der Waals surface area contributed by atoms with Crippen LogP contribution in [0.15, 0.2) is 48.8 Å². The number of halogens is 1. The minimum Gasteiger partial charge on any atom is -0.496 e. The minimum atomic E-state index is -0.389. The number of aryl methyl sites for hydroxylation is 2. The zero-order chi connectivity index (χ0) is 22.0. The summed E-state index contributed by atoms with van der Waals surface area (Å²) < 4.78 is 27.8. The molecule has 0 radical (unpaired) electrons. The van der Waals surface area contributed by atoms with E-state index in [9.17, 15) is 9.18 Å².